The van der Waals surface area contributed by atoms with Crippen molar-refractivity contribution in [2.75, 3.05) is 0 Å². The van der Waals surface area contributed by atoms with Crippen LogP contribution in [0.2, 0.25) is 5.15 Å². The molecule has 1 aliphatic rings. The Kier molecular flexibility index (Phi) is 4.93. The highest BCUT2D eigenvalue weighted by molar-refractivity contribution is 7.07. The topological polar surface area (TPSA) is 71.6 Å². The summed E-state index contributed by atoms with van der Waals surface area (Å²) < 4.78 is 28.9. The molecular weight excluding hydrogens is 454 g/mol. The maximum atomic E-state index is 13.5. The van der Waals surface area contributed by atoms with Gasteiger partial charge in [-0.2, -0.15) is 5.26 Å². The number of thiazole rings is 1. The lowest BCUT2D eigenvalue weighted by molar-refractivity contribution is 0.626. The molecule has 0 spiro atoms. The first-order valence-corrected chi connectivity index (χ1v) is 10.6. The lowest BCUT2D eigenvalue weighted by Crippen LogP contribution is -2.36. The summed E-state index contributed by atoms with van der Waals surface area (Å²) >= 11 is 7.54. The second-order valence-corrected chi connectivity index (χ2v) is 8.41. The number of nitriles is 1. The minimum Gasteiger partial charge on any atom is -0.267 e. The highest BCUT2D eigenvalue weighted by Gasteiger charge is 2.33. The van der Waals surface area contributed by atoms with Crippen LogP contribution in [-0.2, 0) is 0 Å². The number of rotatable bonds is 2. The largest absolute Gasteiger partial charge is 0.274 e. The third-order valence-corrected chi connectivity index (χ3v) is 6.56. The second-order valence-electron chi connectivity index (χ2n) is 7.02. The Morgan fingerprint density at radius 2 is 1.72 bits per heavy atom. The molecule has 1 aliphatic heterocycles. The third-order valence-electron chi connectivity index (χ3n) is 5.15. The van der Waals surface area contributed by atoms with E-state index < -0.39 is 11.7 Å². The maximum absolute atomic E-state index is 13.5. The van der Waals surface area contributed by atoms with Gasteiger partial charge >= 0.3 is 0 Å². The van der Waals surface area contributed by atoms with E-state index in [0.29, 0.717) is 25.9 Å². The summed E-state index contributed by atoms with van der Waals surface area (Å²) in [5, 5.41) is 10.2. The number of halogens is 3. The van der Waals surface area contributed by atoms with Crippen molar-refractivity contribution in [3.05, 3.63) is 108 Å². The van der Waals surface area contributed by atoms with Gasteiger partial charge < -0.3 is 0 Å². The SMILES string of the molecule is N#CC1=c2s/c(=C/c3ccc(F)cc3)c(=O)n2-c2ncnc(Cl)c2C1c1ccc(F)cc1. The highest BCUT2D eigenvalue weighted by Crippen LogP contribution is 2.39. The Balaban J connectivity index is 1.87. The molecule has 156 valence electrons. The fourth-order valence-corrected chi connectivity index (χ4v) is 5.08. The second kappa shape index (κ2) is 7.79. The molecule has 0 aliphatic carbocycles. The number of hydrogen-bond donors (Lipinski definition) is 0. The van der Waals surface area contributed by atoms with E-state index in [4.69, 9.17) is 11.6 Å². The van der Waals surface area contributed by atoms with Gasteiger partial charge in [-0.3, -0.25) is 4.79 Å². The summed E-state index contributed by atoms with van der Waals surface area (Å²) in [7, 11) is 0. The fourth-order valence-electron chi connectivity index (χ4n) is 3.73. The molecule has 0 fully saturated rings. The molecule has 9 heteroatoms. The monoisotopic (exact) mass is 464 g/mol. The van der Waals surface area contributed by atoms with Crippen LogP contribution in [0.15, 0.2) is 59.7 Å². The van der Waals surface area contributed by atoms with Gasteiger partial charge in [0, 0.05) is 5.56 Å². The average Bonchev–Trinajstić information content (AvgIpc) is 3.11. The minimum absolute atomic E-state index is 0.102. The molecule has 2 aromatic carbocycles. The Labute approximate surface area is 188 Å². The Hall–Kier alpha value is -3.67. The Bertz CT molecular complexity index is 1590. The molecule has 3 heterocycles. The molecule has 0 amide bonds. The van der Waals surface area contributed by atoms with Crippen molar-refractivity contribution in [3.8, 4) is 11.9 Å². The first kappa shape index (κ1) is 20.2. The van der Waals surface area contributed by atoms with E-state index in [1.165, 1.54) is 35.2 Å². The summed E-state index contributed by atoms with van der Waals surface area (Å²) in [4.78, 5) is 21.6. The van der Waals surface area contributed by atoms with Crippen molar-refractivity contribution in [2.24, 2.45) is 0 Å². The summed E-state index contributed by atoms with van der Waals surface area (Å²) in [6.07, 6.45) is 2.87. The summed E-state index contributed by atoms with van der Waals surface area (Å²) in [5.41, 5.74) is 1.56. The van der Waals surface area contributed by atoms with E-state index in [9.17, 15) is 18.8 Å². The summed E-state index contributed by atoms with van der Waals surface area (Å²) in [6, 6.07) is 13.6. The van der Waals surface area contributed by atoms with Gasteiger partial charge in [-0.1, -0.05) is 35.9 Å². The van der Waals surface area contributed by atoms with Crippen molar-refractivity contribution >= 4 is 34.6 Å². The van der Waals surface area contributed by atoms with Gasteiger partial charge in [-0.05, 0) is 41.5 Å². The fraction of sp³-hybridized carbons (Fsp3) is 0.0435. The zero-order valence-corrected chi connectivity index (χ0v) is 17.7. The summed E-state index contributed by atoms with van der Waals surface area (Å²) in [6.45, 7) is 0. The van der Waals surface area contributed by atoms with Crippen LogP contribution in [0.5, 0.6) is 0 Å². The lowest BCUT2D eigenvalue weighted by Gasteiger charge is -2.24. The van der Waals surface area contributed by atoms with Crippen molar-refractivity contribution in [2.45, 2.75) is 5.92 Å². The van der Waals surface area contributed by atoms with Crippen molar-refractivity contribution in [1.29, 1.82) is 5.26 Å². The van der Waals surface area contributed by atoms with E-state index in [1.807, 2.05) is 0 Å². The van der Waals surface area contributed by atoms with Gasteiger partial charge in [0.25, 0.3) is 5.56 Å². The molecule has 0 bridgehead atoms. The normalized spacial score (nSPS) is 15.2. The molecule has 4 aromatic rings. The number of fused-ring (bicyclic) bond motifs is 3. The van der Waals surface area contributed by atoms with Crippen LogP contribution in [0.1, 0.15) is 22.6 Å². The standard InChI is InChI=1S/C23H11ClF2N4OS/c24-20-19-18(13-3-7-15(26)8-4-13)16(10-27)23-30(21(19)29-11-28-20)22(31)17(32-23)9-12-1-5-14(25)6-2-12/h1-9,11,18H/b17-9+. The zero-order chi connectivity index (χ0) is 22.4. The molecule has 0 saturated carbocycles. The van der Waals surface area contributed by atoms with Crippen molar-refractivity contribution < 1.29 is 8.78 Å². The average molecular weight is 465 g/mol. The van der Waals surface area contributed by atoms with Gasteiger partial charge in [0.1, 0.15) is 33.6 Å². The quantitative estimate of drug-likeness (QED) is 0.427. The Morgan fingerprint density at radius 1 is 1.06 bits per heavy atom. The van der Waals surface area contributed by atoms with Gasteiger partial charge in [-0.15, -0.1) is 11.3 Å². The predicted molar refractivity (Wildman–Crippen MR) is 117 cm³/mol. The van der Waals surface area contributed by atoms with Gasteiger partial charge in [0.2, 0.25) is 0 Å². The predicted octanol–water partition coefficient (Wildman–Crippen LogP) is 3.27. The molecule has 1 atom stereocenters. The third kappa shape index (κ3) is 3.23. The molecule has 0 N–H and O–H groups in total. The number of nitrogens with zero attached hydrogens (tertiary/aromatic N) is 4. The van der Waals surface area contributed by atoms with Crippen LogP contribution < -0.4 is 14.8 Å². The highest BCUT2D eigenvalue weighted by atomic mass is 35.5. The van der Waals surface area contributed by atoms with Crippen LogP contribution in [-0.4, -0.2) is 14.5 Å². The number of aromatic nitrogens is 3. The molecule has 32 heavy (non-hydrogen) atoms. The van der Waals surface area contributed by atoms with E-state index in [-0.39, 0.29) is 27.9 Å². The van der Waals surface area contributed by atoms with E-state index >= 15 is 0 Å². The van der Waals surface area contributed by atoms with Gasteiger partial charge in [0.05, 0.1) is 22.1 Å². The van der Waals surface area contributed by atoms with E-state index in [0.717, 1.165) is 11.3 Å². The lowest BCUT2D eigenvalue weighted by atomic mass is 9.85. The van der Waals surface area contributed by atoms with Crippen molar-refractivity contribution in [3.63, 3.8) is 0 Å². The molecular formula is C23H11ClF2N4OS. The smallest absolute Gasteiger partial charge is 0.267 e. The van der Waals surface area contributed by atoms with E-state index in [1.54, 1.807) is 30.3 Å². The van der Waals surface area contributed by atoms with Crippen LogP contribution in [0.4, 0.5) is 8.78 Å². The summed E-state index contributed by atoms with van der Waals surface area (Å²) in [5.74, 6) is -1.19. The molecule has 1 unspecified atom stereocenters. The van der Waals surface area contributed by atoms with Crippen LogP contribution >= 0.6 is 22.9 Å². The number of benzene rings is 2. The molecule has 2 aromatic heterocycles. The van der Waals surface area contributed by atoms with Gasteiger partial charge in [-0.25, -0.2) is 23.3 Å². The maximum Gasteiger partial charge on any atom is 0.274 e. The van der Waals surface area contributed by atoms with Gasteiger partial charge in [0.15, 0.2) is 0 Å². The molecule has 0 radical (unpaired) electrons. The van der Waals surface area contributed by atoms with Crippen LogP contribution in [0.3, 0.4) is 0 Å². The minimum atomic E-state index is -0.666. The number of hydrogen-bond acceptors (Lipinski definition) is 5. The first-order chi connectivity index (χ1) is 15.5. The van der Waals surface area contributed by atoms with Crippen LogP contribution in [0, 0.1) is 23.0 Å². The first-order valence-electron chi connectivity index (χ1n) is 9.37. The van der Waals surface area contributed by atoms with Crippen LogP contribution in [0.25, 0.3) is 17.5 Å². The zero-order valence-electron chi connectivity index (χ0n) is 16.1. The molecule has 5 nitrogen and oxygen atoms in total. The Morgan fingerprint density at radius 3 is 2.38 bits per heavy atom. The molecule has 0 saturated heterocycles. The van der Waals surface area contributed by atoms with E-state index in [2.05, 4.69) is 16.0 Å². The van der Waals surface area contributed by atoms with Crippen molar-refractivity contribution in [1.82, 2.24) is 14.5 Å². The molecule has 5 rings (SSSR count).